The van der Waals surface area contributed by atoms with Crippen LogP contribution < -0.4 is 11.1 Å². The van der Waals surface area contributed by atoms with Gasteiger partial charge in [0, 0.05) is 0 Å². The van der Waals surface area contributed by atoms with Gasteiger partial charge in [0.05, 0.1) is 5.37 Å². The van der Waals surface area contributed by atoms with Crippen molar-refractivity contribution in [1.29, 1.82) is 0 Å². The SMILES string of the molecule is CC(NCCCCN)SP(=O)(O)O. The highest BCUT2D eigenvalue weighted by Gasteiger charge is 2.18. The highest BCUT2D eigenvalue weighted by molar-refractivity contribution is 8.54. The Hall–Kier alpha value is 0.420. The van der Waals surface area contributed by atoms with E-state index in [1.165, 1.54) is 0 Å². The molecule has 7 heteroatoms. The monoisotopic (exact) mass is 228 g/mol. The molecule has 0 aromatic carbocycles. The van der Waals surface area contributed by atoms with E-state index < -0.39 is 6.80 Å². The van der Waals surface area contributed by atoms with Crippen LogP contribution in [-0.2, 0) is 4.57 Å². The van der Waals surface area contributed by atoms with Crippen molar-refractivity contribution < 1.29 is 14.4 Å². The van der Waals surface area contributed by atoms with E-state index in [0.29, 0.717) is 17.9 Å². The Kier molecular flexibility index (Phi) is 7.03. The van der Waals surface area contributed by atoms with E-state index in [0.717, 1.165) is 19.4 Å². The van der Waals surface area contributed by atoms with Gasteiger partial charge in [-0.15, -0.1) is 0 Å². The van der Waals surface area contributed by atoms with Gasteiger partial charge in [-0.2, -0.15) is 0 Å². The van der Waals surface area contributed by atoms with Crippen LogP contribution in [0.5, 0.6) is 0 Å². The molecule has 0 fully saturated rings. The molecule has 13 heavy (non-hydrogen) atoms. The third kappa shape index (κ3) is 10.3. The summed E-state index contributed by atoms with van der Waals surface area (Å²) >= 11 is 0.639. The summed E-state index contributed by atoms with van der Waals surface area (Å²) in [5.74, 6) is 0. The summed E-state index contributed by atoms with van der Waals surface area (Å²) < 4.78 is 10.5. The molecule has 0 bridgehead atoms. The summed E-state index contributed by atoms with van der Waals surface area (Å²) in [7, 11) is 0. The largest absolute Gasteiger partial charge is 0.385 e. The van der Waals surface area contributed by atoms with Crippen LogP contribution in [0.15, 0.2) is 0 Å². The average molecular weight is 228 g/mol. The molecule has 0 aliphatic carbocycles. The second-order valence-corrected chi connectivity index (χ2v) is 6.65. The van der Waals surface area contributed by atoms with Gasteiger partial charge in [-0.25, -0.2) is 4.57 Å². The first kappa shape index (κ1) is 13.4. The minimum Gasteiger partial charge on any atom is -0.330 e. The zero-order chi connectivity index (χ0) is 10.3. The highest BCUT2D eigenvalue weighted by Crippen LogP contribution is 2.51. The number of unbranched alkanes of at least 4 members (excludes halogenated alkanes) is 1. The molecule has 0 rings (SSSR count). The highest BCUT2D eigenvalue weighted by atomic mass is 32.7. The normalized spacial score (nSPS) is 14.5. The van der Waals surface area contributed by atoms with Crippen LogP contribution >= 0.6 is 18.2 Å². The van der Waals surface area contributed by atoms with E-state index >= 15 is 0 Å². The summed E-state index contributed by atoms with van der Waals surface area (Å²) in [6.45, 7) is -0.824. The van der Waals surface area contributed by atoms with Crippen LogP contribution in [0, 0.1) is 0 Å². The Bertz CT molecular complexity index is 175. The molecule has 0 radical (unpaired) electrons. The fourth-order valence-electron chi connectivity index (χ4n) is 0.818. The van der Waals surface area contributed by atoms with Crippen LogP contribution in [0.2, 0.25) is 0 Å². The third-order valence-electron chi connectivity index (χ3n) is 1.36. The first-order valence-electron chi connectivity index (χ1n) is 4.13. The molecule has 0 saturated heterocycles. The lowest BCUT2D eigenvalue weighted by atomic mass is 10.3. The van der Waals surface area contributed by atoms with Crippen molar-refractivity contribution in [3.8, 4) is 0 Å². The smallest absolute Gasteiger partial charge is 0.330 e. The summed E-state index contributed by atoms with van der Waals surface area (Å²) in [5, 5.41) is 2.77. The van der Waals surface area contributed by atoms with Crippen LogP contribution in [0.1, 0.15) is 19.8 Å². The predicted octanol–water partition coefficient (Wildman–Crippen LogP) is 0.487. The summed E-state index contributed by atoms with van der Waals surface area (Å²) in [5.41, 5.74) is 5.29. The molecule has 1 atom stereocenters. The van der Waals surface area contributed by atoms with Crippen LogP contribution in [0.4, 0.5) is 0 Å². The van der Waals surface area contributed by atoms with E-state index in [9.17, 15) is 4.57 Å². The Morgan fingerprint density at radius 1 is 1.54 bits per heavy atom. The molecular weight excluding hydrogens is 211 g/mol. The number of hydrogen-bond donors (Lipinski definition) is 4. The van der Waals surface area contributed by atoms with Gasteiger partial charge in [0.2, 0.25) is 0 Å². The van der Waals surface area contributed by atoms with Crippen molar-refractivity contribution in [2.45, 2.75) is 25.1 Å². The molecule has 0 saturated carbocycles. The quantitative estimate of drug-likeness (QED) is 0.288. The Balaban J connectivity index is 3.41. The van der Waals surface area contributed by atoms with Gasteiger partial charge >= 0.3 is 6.80 Å². The van der Waals surface area contributed by atoms with Crippen molar-refractivity contribution >= 4 is 18.2 Å². The number of hydrogen-bond acceptors (Lipinski definition) is 4. The standard InChI is InChI=1S/C6H17N2O3PS/c1-6(13-12(9,10)11)8-5-3-2-4-7/h6,8H,2-5,7H2,1H3,(H2,9,10,11). The maximum Gasteiger partial charge on any atom is 0.385 e. The second kappa shape index (κ2) is 6.81. The van der Waals surface area contributed by atoms with E-state index in [1.807, 2.05) is 0 Å². The maximum absolute atomic E-state index is 10.5. The van der Waals surface area contributed by atoms with E-state index in [-0.39, 0.29) is 5.37 Å². The van der Waals surface area contributed by atoms with E-state index in [4.69, 9.17) is 15.5 Å². The average Bonchev–Trinajstić information content (AvgIpc) is 1.94. The fourth-order valence-corrected chi connectivity index (χ4v) is 2.88. The van der Waals surface area contributed by atoms with Gasteiger partial charge in [0.15, 0.2) is 0 Å². The topological polar surface area (TPSA) is 95.6 Å². The van der Waals surface area contributed by atoms with Crippen molar-refractivity contribution in [2.24, 2.45) is 5.73 Å². The molecule has 5 N–H and O–H groups in total. The predicted molar refractivity (Wildman–Crippen MR) is 55.4 cm³/mol. The molecule has 0 aliphatic heterocycles. The van der Waals surface area contributed by atoms with Crippen LogP contribution in [-0.4, -0.2) is 28.3 Å². The molecular formula is C6H17N2O3PS. The van der Waals surface area contributed by atoms with Gasteiger partial charge in [-0.1, -0.05) is 0 Å². The minimum atomic E-state index is -3.95. The zero-order valence-corrected chi connectivity index (χ0v) is 9.35. The van der Waals surface area contributed by atoms with Gasteiger partial charge in [-0.05, 0) is 44.2 Å². The summed E-state index contributed by atoms with van der Waals surface area (Å²) in [6.07, 6.45) is 1.86. The molecule has 0 spiro atoms. The summed E-state index contributed by atoms with van der Waals surface area (Å²) in [4.78, 5) is 17.2. The number of rotatable bonds is 7. The lowest BCUT2D eigenvalue weighted by molar-refractivity contribution is 0.396. The lowest BCUT2D eigenvalue weighted by Gasteiger charge is -2.13. The molecule has 1 unspecified atom stereocenters. The van der Waals surface area contributed by atoms with Crippen molar-refractivity contribution in [1.82, 2.24) is 5.32 Å². The Morgan fingerprint density at radius 3 is 2.62 bits per heavy atom. The van der Waals surface area contributed by atoms with Crippen molar-refractivity contribution in [2.75, 3.05) is 13.1 Å². The molecule has 0 aromatic rings. The molecule has 0 heterocycles. The van der Waals surface area contributed by atoms with Crippen LogP contribution in [0.3, 0.4) is 0 Å². The maximum atomic E-state index is 10.5. The first-order valence-corrected chi connectivity index (χ1v) is 7.23. The van der Waals surface area contributed by atoms with Crippen molar-refractivity contribution in [3.05, 3.63) is 0 Å². The Morgan fingerprint density at radius 2 is 2.15 bits per heavy atom. The van der Waals surface area contributed by atoms with E-state index in [1.54, 1.807) is 6.92 Å². The Labute approximate surface area is 82.4 Å². The zero-order valence-electron chi connectivity index (χ0n) is 7.64. The van der Waals surface area contributed by atoms with Gasteiger partial charge in [0.1, 0.15) is 0 Å². The van der Waals surface area contributed by atoms with Gasteiger partial charge in [0.25, 0.3) is 0 Å². The van der Waals surface area contributed by atoms with Gasteiger partial charge < -0.3 is 20.8 Å². The van der Waals surface area contributed by atoms with E-state index in [2.05, 4.69) is 5.32 Å². The number of nitrogens with two attached hydrogens (primary N) is 1. The molecule has 0 aromatic heterocycles. The molecule has 5 nitrogen and oxygen atoms in total. The lowest BCUT2D eigenvalue weighted by Crippen LogP contribution is -2.24. The minimum absolute atomic E-state index is 0.224. The third-order valence-corrected chi connectivity index (χ3v) is 3.89. The first-order chi connectivity index (χ1) is 5.95. The van der Waals surface area contributed by atoms with Crippen molar-refractivity contribution in [3.63, 3.8) is 0 Å². The van der Waals surface area contributed by atoms with Crippen LogP contribution in [0.25, 0.3) is 0 Å². The second-order valence-electron chi connectivity index (χ2n) is 2.69. The molecule has 80 valence electrons. The van der Waals surface area contributed by atoms with Gasteiger partial charge in [-0.3, -0.25) is 0 Å². The fraction of sp³-hybridized carbons (Fsp3) is 1.00. The number of nitrogens with one attached hydrogen (secondary N) is 1. The molecule has 0 aliphatic rings. The summed E-state index contributed by atoms with van der Waals surface area (Å²) in [6, 6.07) is 0. The molecule has 0 amide bonds.